The molecule has 0 aliphatic carbocycles. The predicted molar refractivity (Wildman–Crippen MR) is 84.1 cm³/mol. The van der Waals surface area contributed by atoms with E-state index in [1.54, 1.807) is 0 Å². The molecule has 0 bridgehead atoms. The number of likely N-dealkylation sites (tertiary alicyclic amines) is 1. The van der Waals surface area contributed by atoms with Crippen LogP contribution in [0.5, 0.6) is 0 Å². The first kappa shape index (κ1) is 16.7. The summed E-state index contributed by atoms with van der Waals surface area (Å²) in [6.07, 6.45) is 3.15. The zero-order valence-corrected chi connectivity index (χ0v) is 14.5. The molecule has 128 valence electrons. The molecule has 0 N–H and O–H groups in total. The molecule has 3 rings (SSSR count). The van der Waals surface area contributed by atoms with Gasteiger partial charge in [-0.05, 0) is 40.5 Å². The summed E-state index contributed by atoms with van der Waals surface area (Å²) in [4.78, 5) is 2.58. The van der Waals surface area contributed by atoms with Gasteiger partial charge in [0.2, 0.25) is 0 Å². The Labute approximate surface area is 134 Å². The van der Waals surface area contributed by atoms with Crippen LogP contribution in [-0.4, -0.2) is 73.9 Å². The molecule has 5 heteroatoms. The highest BCUT2D eigenvalue weighted by Gasteiger charge is 2.45. The highest BCUT2D eigenvalue weighted by molar-refractivity contribution is 5.00. The highest BCUT2D eigenvalue weighted by atomic mass is 16.6. The Balaban J connectivity index is 1.49. The van der Waals surface area contributed by atoms with E-state index in [1.165, 1.54) is 0 Å². The first-order valence-corrected chi connectivity index (χ1v) is 8.57. The molecule has 0 aromatic rings. The third kappa shape index (κ3) is 4.42. The molecule has 0 spiro atoms. The molecule has 0 aromatic heterocycles. The molecule has 0 radical (unpaired) electrons. The van der Waals surface area contributed by atoms with Crippen molar-refractivity contribution in [2.24, 2.45) is 0 Å². The molecule has 0 aromatic carbocycles. The molecule has 2 unspecified atom stereocenters. The lowest BCUT2D eigenvalue weighted by Gasteiger charge is -2.55. The number of epoxide rings is 2. The highest BCUT2D eigenvalue weighted by Crippen LogP contribution is 2.39. The number of hydrogen-bond donors (Lipinski definition) is 0. The minimum Gasteiger partial charge on any atom is -0.377 e. The van der Waals surface area contributed by atoms with Gasteiger partial charge < -0.3 is 18.9 Å². The third-order valence-corrected chi connectivity index (χ3v) is 5.00. The lowest BCUT2D eigenvalue weighted by Crippen LogP contribution is -2.62. The van der Waals surface area contributed by atoms with Gasteiger partial charge >= 0.3 is 0 Å². The van der Waals surface area contributed by atoms with Crippen molar-refractivity contribution < 1.29 is 18.9 Å². The summed E-state index contributed by atoms with van der Waals surface area (Å²) in [5.74, 6) is 0. The maximum atomic E-state index is 6.09. The van der Waals surface area contributed by atoms with Crippen molar-refractivity contribution in [1.82, 2.24) is 4.90 Å². The third-order valence-electron chi connectivity index (χ3n) is 5.00. The summed E-state index contributed by atoms with van der Waals surface area (Å²) in [7, 11) is 0. The second-order valence-electron chi connectivity index (χ2n) is 8.13. The second kappa shape index (κ2) is 6.36. The first-order chi connectivity index (χ1) is 10.4. The smallest absolute Gasteiger partial charge is 0.104 e. The van der Waals surface area contributed by atoms with Crippen LogP contribution in [0.3, 0.4) is 0 Å². The maximum Gasteiger partial charge on any atom is 0.104 e. The molecule has 3 aliphatic heterocycles. The van der Waals surface area contributed by atoms with E-state index in [2.05, 4.69) is 32.6 Å². The van der Waals surface area contributed by atoms with E-state index < -0.39 is 0 Å². The Kier molecular flexibility index (Phi) is 4.82. The Morgan fingerprint density at radius 1 is 0.955 bits per heavy atom. The molecular formula is C17H31NO4. The van der Waals surface area contributed by atoms with E-state index in [0.29, 0.717) is 18.3 Å². The lowest BCUT2D eigenvalue weighted by atomic mass is 9.78. The van der Waals surface area contributed by atoms with E-state index in [9.17, 15) is 0 Å². The van der Waals surface area contributed by atoms with Crippen LogP contribution >= 0.6 is 0 Å². The van der Waals surface area contributed by atoms with Crippen molar-refractivity contribution >= 4 is 0 Å². The van der Waals surface area contributed by atoms with Crippen LogP contribution in [-0.2, 0) is 18.9 Å². The van der Waals surface area contributed by atoms with E-state index >= 15 is 0 Å². The van der Waals surface area contributed by atoms with Crippen LogP contribution in [0, 0.1) is 0 Å². The van der Waals surface area contributed by atoms with Crippen molar-refractivity contribution in [2.45, 2.75) is 69.9 Å². The fourth-order valence-electron chi connectivity index (χ4n) is 3.89. The van der Waals surface area contributed by atoms with E-state index in [-0.39, 0.29) is 11.1 Å². The Hall–Kier alpha value is -0.200. The fourth-order valence-corrected chi connectivity index (χ4v) is 3.89. The summed E-state index contributed by atoms with van der Waals surface area (Å²) < 4.78 is 22.3. The van der Waals surface area contributed by atoms with Crippen molar-refractivity contribution in [1.29, 1.82) is 0 Å². The standard InChI is InChI=1S/C17H31NO4/c1-16(2)7-13(20-11-15-12-22-15)8-17(3,4)18(16)5-6-19-9-14-10-21-14/h13-15H,5-12H2,1-4H3. The molecule has 5 nitrogen and oxygen atoms in total. The van der Waals surface area contributed by atoms with Gasteiger partial charge in [-0.25, -0.2) is 0 Å². The van der Waals surface area contributed by atoms with Crippen LogP contribution in [0.2, 0.25) is 0 Å². The van der Waals surface area contributed by atoms with Gasteiger partial charge in [0.05, 0.1) is 39.1 Å². The van der Waals surface area contributed by atoms with Crippen molar-refractivity contribution in [3.05, 3.63) is 0 Å². The molecule has 3 saturated heterocycles. The number of rotatable bonds is 8. The molecule has 3 aliphatic rings. The van der Waals surface area contributed by atoms with Gasteiger partial charge in [0.15, 0.2) is 0 Å². The van der Waals surface area contributed by atoms with Crippen LogP contribution in [0.25, 0.3) is 0 Å². The molecule has 2 atom stereocenters. The lowest BCUT2D eigenvalue weighted by molar-refractivity contribution is -0.112. The number of nitrogens with zero attached hydrogens (tertiary/aromatic N) is 1. The fraction of sp³-hybridized carbons (Fsp3) is 1.00. The Morgan fingerprint density at radius 2 is 1.50 bits per heavy atom. The molecule has 3 fully saturated rings. The average Bonchev–Trinajstić information content (AvgIpc) is 3.27. The predicted octanol–water partition coefficient (Wildman–Crippen LogP) is 1.84. The average molecular weight is 313 g/mol. The Morgan fingerprint density at radius 3 is 2.05 bits per heavy atom. The summed E-state index contributed by atoms with van der Waals surface area (Å²) >= 11 is 0. The minimum absolute atomic E-state index is 0.121. The van der Waals surface area contributed by atoms with Crippen molar-refractivity contribution in [3.8, 4) is 0 Å². The first-order valence-electron chi connectivity index (χ1n) is 8.57. The van der Waals surface area contributed by atoms with E-state index in [0.717, 1.165) is 52.4 Å². The van der Waals surface area contributed by atoms with Gasteiger partial charge in [-0.2, -0.15) is 0 Å². The van der Waals surface area contributed by atoms with Crippen molar-refractivity contribution in [3.63, 3.8) is 0 Å². The summed E-state index contributed by atoms with van der Waals surface area (Å²) in [5.41, 5.74) is 0.243. The number of hydrogen-bond acceptors (Lipinski definition) is 5. The topological polar surface area (TPSA) is 46.8 Å². The van der Waals surface area contributed by atoms with Crippen molar-refractivity contribution in [2.75, 3.05) is 39.6 Å². The monoisotopic (exact) mass is 313 g/mol. The number of ether oxygens (including phenoxy) is 4. The zero-order valence-electron chi connectivity index (χ0n) is 14.5. The van der Waals surface area contributed by atoms with Crippen LogP contribution in [0.4, 0.5) is 0 Å². The van der Waals surface area contributed by atoms with E-state index in [4.69, 9.17) is 18.9 Å². The SMILES string of the molecule is CC1(C)CC(OCC2CO2)CC(C)(C)N1CCOCC1CO1. The normalized spacial score (nSPS) is 33.8. The summed E-state index contributed by atoms with van der Waals surface area (Å²) in [6.45, 7) is 14.2. The minimum atomic E-state index is 0.121. The zero-order chi connectivity index (χ0) is 15.8. The van der Waals surface area contributed by atoms with Gasteiger partial charge in [-0.1, -0.05) is 0 Å². The van der Waals surface area contributed by atoms with E-state index in [1.807, 2.05) is 0 Å². The van der Waals surface area contributed by atoms with Gasteiger partial charge in [0, 0.05) is 17.6 Å². The van der Waals surface area contributed by atoms with Gasteiger partial charge in [0.1, 0.15) is 12.2 Å². The number of piperidine rings is 1. The molecule has 22 heavy (non-hydrogen) atoms. The Bertz CT molecular complexity index is 359. The van der Waals surface area contributed by atoms with Gasteiger partial charge in [-0.3, -0.25) is 4.90 Å². The molecular weight excluding hydrogens is 282 g/mol. The second-order valence-corrected chi connectivity index (χ2v) is 8.13. The van der Waals surface area contributed by atoms with Gasteiger partial charge in [-0.15, -0.1) is 0 Å². The summed E-state index contributed by atoms with van der Waals surface area (Å²) in [6, 6.07) is 0. The molecule has 0 amide bonds. The quantitative estimate of drug-likeness (QED) is 0.505. The maximum absolute atomic E-state index is 6.09. The van der Waals surface area contributed by atoms with Crippen LogP contribution in [0.1, 0.15) is 40.5 Å². The molecule has 3 heterocycles. The van der Waals surface area contributed by atoms with Crippen LogP contribution in [0.15, 0.2) is 0 Å². The van der Waals surface area contributed by atoms with Gasteiger partial charge in [0.25, 0.3) is 0 Å². The molecule has 0 saturated carbocycles. The summed E-state index contributed by atoms with van der Waals surface area (Å²) in [5, 5.41) is 0. The van der Waals surface area contributed by atoms with Crippen LogP contribution < -0.4 is 0 Å². The largest absolute Gasteiger partial charge is 0.377 e.